The Morgan fingerprint density at radius 1 is 1.28 bits per heavy atom. The van der Waals surface area contributed by atoms with E-state index < -0.39 is 12.6 Å². The van der Waals surface area contributed by atoms with Crippen molar-refractivity contribution in [3.63, 3.8) is 0 Å². The number of esters is 1. The van der Waals surface area contributed by atoms with Gasteiger partial charge in [-0.2, -0.15) is 5.26 Å². The largest absolute Gasteiger partial charge is 0.465 e. The minimum atomic E-state index is -0.849. The Kier molecular flexibility index (Phi) is 4.95. The van der Waals surface area contributed by atoms with Crippen molar-refractivity contribution in [2.24, 2.45) is 0 Å². The molecule has 2 aromatic rings. The molecule has 0 fully saturated rings. The van der Waals surface area contributed by atoms with E-state index in [0.29, 0.717) is 12.3 Å². The maximum absolute atomic E-state index is 12.4. The van der Waals surface area contributed by atoms with Gasteiger partial charge in [-0.15, -0.1) is 0 Å². The highest BCUT2D eigenvalue weighted by Gasteiger charge is 2.23. The van der Waals surface area contributed by atoms with Gasteiger partial charge in [0.25, 0.3) is 5.91 Å². The molecule has 0 radical (unpaired) electrons. The molecule has 0 atom stereocenters. The normalized spacial score (nSPS) is 13.7. The summed E-state index contributed by atoms with van der Waals surface area (Å²) < 4.78 is 10.1. The minimum Gasteiger partial charge on any atom is -0.465 e. The lowest BCUT2D eigenvalue weighted by Gasteiger charge is -2.29. The Hall–Kier alpha value is -3.33. The third kappa shape index (κ3) is 3.78. The average Bonchev–Trinajstić information content (AvgIpc) is 3.16. The number of fused-ring (bicyclic) bond motifs is 1. The number of carbonyl (C=O) groups excluding carboxylic acids is 2. The number of para-hydroxylation sites is 1. The zero-order valence-corrected chi connectivity index (χ0v) is 13.5. The molecule has 2 heterocycles. The molecule has 25 heavy (non-hydrogen) atoms. The fraction of sp³-hybridized carbons (Fsp3) is 0.211. The topological polar surface area (TPSA) is 83.5 Å². The molecule has 1 aliphatic heterocycles. The number of anilines is 1. The molecule has 0 bridgehead atoms. The molecule has 0 saturated carbocycles. The van der Waals surface area contributed by atoms with Crippen LogP contribution in [0.1, 0.15) is 17.7 Å². The number of benzene rings is 1. The predicted octanol–water partition coefficient (Wildman–Crippen LogP) is 2.71. The van der Waals surface area contributed by atoms with Crippen LogP contribution in [0.4, 0.5) is 5.69 Å². The van der Waals surface area contributed by atoms with Gasteiger partial charge in [-0.1, -0.05) is 18.2 Å². The highest BCUT2D eigenvalue weighted by molar-refractivity contribution is 6.00. The van der Waals surface area contributed by atoms with Crippen LogP contribution in [-0.4, -0.2) is 25.0 Å². The van der Waals surface area contributed by atoms with Gasteiger partial charge in [-0.25, -0.2) is 4.79 Å². The first-order valence-corrected chi connectivity index (χ1v) is 7.90. The van der Waals surface area contributed by atoms with E-state index in [4.69, 9.17) is 14.4 Å². The van der Waals surface area contributed by atoms with Crippen LogP contribution in [-0.2, 0) is 20.7 Å². The van der Waals surface area contributed by atoms with Crippen molar-refractivity contribution in [1.82, 2.24) is 0 Å². The Balaban J connectivity index is 1.65. The molecule has 0 unspecified atom stereocenters. The van der Waals surface area contributed by atoms with Crippen molar-refractivity contribution in [2.75, 3.05) is 18.1 Å². The second-order valence-corrected chi connectivity index (χ2v) is 5.54. The molecule has 0 spiro atoms. The van der Waals surface area contributed by atoms with Gasteiger partial charge in [0.1, 0.15) is 17.4 Å². The predicted molar refractivity (Wildman–Crippen MR) is 90.4 cm³/mol. The van der Waals surface area contributed by atoms with E-state index in [0.717, 1.165) is 24.1 Å². The van der Waals surface area contributed by atoms with Crippen LogP contribution in [0.2, 0.25) is 0 Å². The molecular formula is C19H16N2O4. The van der Waals surface area contributed by atoms with E-state index in [-0.39, 0.29) is 11.5 Å². The van der Waals surface area contributed by atoms with Crippen molar-refractivity contribution in [3.8, 4) is 6.07 Å². The van der Waals surface area contributed by atoms with Crippen LogP contribution in [0, 0.1) is 11.3 Å². The first-order chi connectivity index (χ1) is 12.2. The second kappa shape index (κ2) is 7.49. The summed E-state index contributed by atoms with van der Waals surface area (Å²) in [6.07, 6.45) is 4.50. The average molecular weight is 336 g/mol. The maximum Gasteiger partial charge on any atom is 0.349 e. The quantitative estimate of drug-likeness (QED) is 0.487. The SMILES string of the molecule is N#C/C(=C\c1ccco1)C(=O)OCC(=O)N1CCCc2ccccc21. The Labute approximate surface area is 144 Å². The number of nitrogens with zero attached hydrogens (tertiary/aromatic N) is 2. The molecule has 0 saturated heterocycles. The van der Waals surface area contributed by atoms with Crippen molar-refractivity contribution < 1.29 is 18.7 Å². The zero-order chi connectivity index (χ0) is 17.6. The fourth-order valence-electron chi connectivity index (χ4n) is 2.73. The summed E-state index contributed by atoms with van der Waals surface area (Å²) >= 11 is 0. The first kappa shape index (κ1) is 16.5. The highest BCUT2D eigenvalue weighted by atomic mass is 16.5. The Bertz CT molecular complexity index is 847. The van der Waals surface area contributed by atoms with Crippen molar-refractivity contribution in [3.05, 3.63) is 59.6 Å². The van der Waals surface area contributed by atoms with Crippen LogP contribution < -0.4 is 4.90 Å². The Morgan fingerprint density at radius 3 is 2.88 bits per heavy atom. The number of nitriles is 1. The number of amides is 1. The second-order valence-electron chi connectivity index (χ2n) is 5.54. The summed E-state index contributed by atoms with van der Waals surface area (Å²) in [5, 5.41) is 9.08. The van der Waals surface area contributed by atoms with E-state index in [1.54, 1.807) is 23.1 Å². The van der Waals surface area contributed by atoms with Gasteiger partial charge in [0.15, 0.2) is 6.61 Å². The molecule has 126 valence electrons. The van der Waals surface area contributed by atoms with E-state index in [1.807, 2.05) is 24.3 Å². The van der Waals surface area contributed by atoms with E-state index >= 15 is 0 Å². The van der Waals surface area contributed by atoms with E-state index in [1.165, 1.54) is 12.3 Å². The lowest BCUT2D eigenvalue weighted by atomic mass is 10.0. The number of aryl methyl sites for hydroxylation is 1. The third-order valence-corrected chi connectivity index (χ3v) is 3.91. The van der Waals surface area contributed by atoms with Crippen LogP contribution in [0.3, 0.4) is 0 Å². The van der Waals surface area contributed by atoms with Crippen LogP contribution in [0.15, 0.2) is 52.7 Å². The lowest BCUT2D eigenvalue weighted by molar-refractivity contribution is -0.143. The third-order valence-electron chi connectivity index (χ3n) is 3.91. The summed E-state index contributed by atoms with van der Waals surface area (Å²) in [7, 11) is 0. The first-order valence-electron chi connectivity index (χ1n) is 7.90. The summed E-state index contributed by atoms with van der Waals surface area (Å²) in [4.78, 5) is 26.0. The van der Waals surface area contributed by atoms with Crippen LogP contribution >= 0.6 is 0 Å². The molecule has 1 aromatic carbocycles. The van der Waals surface area contributed by atoms with Crippen molar-refractivity contribution >= 4 is 23.6 Å². The van der Waals surface area contributed by atoms with E-state index in [2.05, 4.69) is 0 Å². The fourth-order valence-corrected chi connectivity index (χ4v) is 2.73. The molecular weight excluding hydrogens is 320 g/mol. The van der Waals surface area contributed by atoms with Crippen molar-refractivity contribution in [1.29, 1.82) is 5.26 Å². The van der Waals surface area contributed by atoms with Gasteiger partial charge < -0.3 is 14.1 Å². The summed E-state index contributed by atoms with van der Waals surface area (Å²) in [5.41, 5.74) is 1.73. The summed E-state index contributed by atoms with van der Waals surface area (Å²) in [6.45, 7) is 0.172. The monoisotopic (exact) mass is 336 g/mol. The number of furan rings is 1. The molecule has 1 aliphatic rings. The van der Waals surface area contributed by atoms with Crippen LogP contribution in [0.25, 0.3) is 6.08 Å². The standard InChI is InChI=1S/C19H16N2O4/c20-12-15(11-16-7-4-10-24-16)19(23)25-13-18(22)21-9-3-6-14-5-1-2-8-17(14)21/h1-2,4-5,7-8,10-11H,3,6,9,13H2/b15-11+. The molecule has 6 nitrogen and oxygen atoms in total. The number of rotatable bonds is 4. The van der Waals surface area contributed by atoms with Gasteiger partial charge in [0.2, 0.25) is 0 Å². The highest BCUT2D eigenvalue weighted by Crippen LogP contribution is 2.26. The summed E-state index contributed by atoms with van der Waals surface area (Å²) in [6, 6.07) is 12.7. The number of hydrogen-bond acceptors (Lipinski definition) is 5. The lowest BCUT2D eigenvalue weighted by Crippen LogP contribution is -2.38. The van der Waals surface area contributed by atoms with Gasteiger partial charge in [-0.3, -0.25) is 4.79 Å². The number of hydrogen-bond donors (Lipinski definition) is 0. The van der Waals surface area contributed by atoms with Crippen LogP contribution in [0.5, 0.6) is 0 Å². The molecule has 1 aromatic heterocycles. The van der Waals surface area contributed by atoms with Crippen molar-refractivity contribution in [2.45, 2.75) is 12.8 Å². The van der Waals surface area contributed by atoms with Gasteiger partial charge in [0.05, 0.1) is 6.26 Å². The summed E-state index contributed by atoms with van der Waals surface area (Å²) in [5.74, 6) is -0.793. The smallest absolute Gasteiger partial charge is 0.349 e. The molecule has 6 heteroatoms. The molecule has 3 rings (SSSR count). The van der Waals surface area contributed by atoms with Gasteiger partial charge in [-0.05, 0) is 36.6 Å². The zero-order valence-electron chi connectivity index (χ0n) is 13.5. The van der Waals surface area contributed by atoms with E-state index in [9.17, 15) is 9.59 Å². The molecule has 0 N–H and O–H groups in total. The maximum atomic E-state index is 12.4. The molecule has 0 aliphatic carbocycles. The van der Waals surface area contributed by atoms with Gasteiger partial charge in [0, 0.05) is 18.3 Å². The molecule has 1 amide bonds. The Morgan fingerprint density at radius 2 is 2.12 bits per heavy atom. The minimum absolute atomic E-state index is 0.221. The number of carbonyl (C=O) groups is 2. The number of ether oxygens (including phenoxy) is 1. The van der Waals surface area contributed by atoms with Gasteiger partial charge >= 0.3 is 5.97 Å².